The van der Waals surface area contributed by atoms with Gasteiger partial charge in [-0.3, -0.25) is 0 Å². The molecule has 0 saturated carbocycles. The zero-order valence-corrected chi connectivity index (χ0v) is 11.8. The number of aromatic nitrogens is 2. The average Bonchev–Trinajstić information content (AvgIpc) is 2.32. The molecule has 0 fully saturated rings. The fourth-order valence-corrected chi connectivity index (χ4v) is 1.48. The summed E-state index contributed by atoms with van der Waals surface area (Å²) in [7, 11) is 1.82. The molecule has 0 aromatic carbocycles. The maximum absolute atomic E-state index is 5.52. The third kappa shape index (κ3) is 5.82. The van der Waals surface area contributed by atoms with Gasteiger partial charge in [0.25, 0.3) is 0 Å². The first kappa shape index (κ1) is 14.7. The van der Waals surface area contributed by atoms with E-state index in [0.29, 0.717) is 11.9 Å². The molecule has 2 N–H and O–H groups in total. The lowest BCUT2D eigenvalue weighted by molar-refractivity contribution is 0.110. The lowest BCUT2D eigenvalue weighted by Gasteiger charge is -2.09. The van der Waals surface area contributed by atoms with Gasteiger partial charge in [0, 0.05) is 38.6 Å². The van der Waals surface area contributed by atoms with Crippen LogP contribution in [0.1, 0.15) is 26.0 Å². The maximum Gasteiger partial charge on any atom is 0.224 e. The van der Waals surface area contributed by atoms with Crippen molar-refractivity contribution in [2.75, 3.05) is 37.4 Å². The third-order valence-corrected chi connectivity index (χ3v) is 2.30. The number of rotatable bonds is 8. The van der Waals surface area contributed by atoms with E-state index in [1.165, 1.54) is 0 Å². The highest BCUT2D eigenvalue weighted by Crippen LogP contribution is 2.08. The fourth-order valence-electron chi connectivity index (χ4n) is 1.48. The van der Waals surface area contributed by atoms with Crippen molar-refractivity contribution in [2.24, 2.45) is 5.92 Å². The Hall–Kier alpha value is -1.36. The van der Waals surface area contributed by atoms with Crippen molar-refractivity contribution < 1.29 is 4.74 Å². The molecule has 18 heavy (non-hydrogen) atoms. The van der Waals surface area contributed by atoms with Gasteiger partial charge in [-0.25, -0.2) is 4.98 Å². The van der Waals surface area contributed by atoms with Gasteiger partial charge in [0.1, 0.15) is 5.82 Å². The molecule has 0 saturated heterocycles. The molecule has 0 radical (unpaired) electrons. The normalized spacial score (nSPS) is 10.7. The minimum Gasteiger partial charge on any atom is -0.381 e. The molecule has 0 amide bonds. The minimum absolute atomic E-state index is 0.598. The highest BCUT2D eigenvalue weighted by Gasteiger charge is 2.00. The lowest BCUT2D eigenvalue weighted by atomic mass is 10.2. The standard InChI is InChI=1S/C13H24N4O/c1-10(2)9-18-7-5-6-15-12-8-11(3)16-13(14-4)17-12/h8,10H,5-7,9H2,1-4H3,(H2,14,15,16,17). The van der Waals surface area contributed by atoms with Crippen LogP contribution in [-0.4, -0.2) is 36.8 Å². The van der Waals surface area contributed by atoms with Crippen LogP contribution >= 0.6 is 0 Å². The summed E-state index contributed by atoms with van der Waals surface area (Å²) in [6.45, 7) is 8.74. The first-order valence-electron chi connectivity index (χ1n) is 6.47. The molecule has 0 spiro atoms. The van der Waals surface area contributed by atoms with Crippen LogP contribution < -0.4 is 10.6 Å². The van der Waals surface area contributed by atoms with E-state index in [1.54, 1.807) is 0 Å². The van der Waals surface area contributed by atoms with Gasteiger partial charge in [-0.2, -0.15) is 4.98 Å². The van der Waals surface area contributed by atoms with Crippen molar-refractivity contribution in [1.82, 2.24) is 9.97 Å². The molecular formula is C13H24N4O. The summed E-state index contributed by atoms with van der Waals surface area (Å²) >= 11 is 0. The number of hydrogen-bond donors (Lipinski definition) is 2. The number of anilines is 2. The SMILES string of the molecule is CNc1nc(C)cc(NCCCOCC(C)C)n1. The molecule has 1 aromatic rings. The van der Waals surface area contributed by atoms with Gasteiger partial charge < -0.3 is 15.4 Å². The molecule has 0 aliphatic carbocycles. The molecule has 0 atom stereocenters. The maximum atomic E-state index is 5.52. The van der Waals surface area contributed by atoms with E-state index >= 15 is 0 Å². The molecule has 1 aromatic heterocycles. The van der Waals surface area contributed by atoms with Crippen LogP contribution in [0, 0.1) is 12.8 Å². The van der Waals surface area contributed by atoms with Crippen molar-refractivity contribution in [1.29, 1.82) is 0 Å². The summed E-state index contributed by atoms with van der Waals surface area (Å²) in [4.78, 5) is 8.57. The smallest absolute Gasteiger partial charge is 0.224 e. The topological polar surface area (TPSA) is 59.1 Å². The fraction of sp³-hybridized carbons (Fsp3) is 0.692. The Labute approximate surface area is 109 Å². The van der Waals surface area contributed by atoms with Gasteiger partial charge in [-0.05, 0) is 19.3 Å². The summed E-state index contributed by atoms with van der Waals surface area (Å²) in [6.07, 6.45) is 0.977. The Morgan fingerprint density at radius 1 is 1.33 bits per heavy atom. The van der Waals surface area contributed by atoms with Crippen LogP contribution in [0.3, 0.4) is 0 Å². The van der Waals surface area contributed by atoms with E-state index in [1.807, 2.05) is 20.0 Å². The van der Waals surface area contributed by atoms with Gasteiger partial charge >= 0.3 is 0 Å². The quantitative estimate of drug-likeness (QED) is 0.695. The zero-order valence-electron chi connectivity index (χ0n) is 11.8. The second kappa shape index (κ2) is 7.87. The Morgan fingerprint density at radius 3 is 2.78 bits per heavy atom. The van der Waals surface area contributed by atoms with Crippen LogP contribution in [0.4, 0.5) is 11.8 Å². The van der Waals surface area contributed by atoms with Gasteiger partial charge in [-0.15, -0.1) is 0 Å². The average molecular weight is 252 g/mol. The van der Waals surface area contributed by atoms with Crippen molar-refractivity contribution in [3.8, 4) is 0 Å². The van der Waals surface area contributed by atoms with E-state index in [-0.39, 0.29) is 0 Å². The van der Waals surface area contributed by atoms with Crippen LogP contribution in [0.5, 0.6) is 0 Å². The minimum atomic E-state index is 0.598. The van der Waals surface area contributed by atoms with Crippen LogP contribution in [-0.2, 0) is 4.74 Å². The number of nitrogens with zero attached hydrogens (tertiary/aromatic N) is 2. The molecule has 5 nitrogen and oxygen atoms in total. The van der Waals surface area contributed by atoms with E-state index in [2.05, 4.69) is 34.4 Å². The molecule has 1 heterocycles. The third-order valence-electron chi connectivity index (χ3n) is 2.30. The zero-order chi connectivity index (χ0) is 13.4. The molecule has 0 aliphatic heterocycles. The van der Waals surface area contributed by atoms with Crippen molar-refractivity contribution in [2.45, 2.75) is 27.2 Å². The van der Waals surface area contributed by atoms with E-state index in [0.717, 1.165) is 37.7 Å². The second-order valence-corrected chi connectivity index (χ2v) is 4.72. The number of nitrogens with one attached hydrogen (secondary N) is 2. The number of aryl methyl sites for hydroxylation is 1. The monoisotopic (exact) mass is 252 g/mol. The Balaban J connectivity index is 2.24. The predicted molar refractivity (Wildman–Crippen MR) is 75.1 cm³/mol. The van der Waals surface area contributed by atoms with E-state index in [4.69, 9.17) is 4.74 Å². The second-order valence-electron chi connectivity index (χ2n) is 4.72. The van der Waals surface area contributed by atoms with Crippen LogP contribution in [0.25, 0.3) is 0 Å². The molecule has 0 unspecified atom stereocenters. The molecule has 0 bridgehead atoms. The van der Waals surface area contributed by atoms with Crippen molar-refractivity contribution in [3.05, 3.63) is 11.8 Å². The summed E-state index contributed by atoms with van der Waals surface area (Å²) < 4.78 is 5.52. The van der Waals surface area contributed by atoms with E-state index < -0.39 is 0 Å². The Kier molecular flexibility index (Phi) is 6.43. The molecule has 102 valence electrons. The molecule has 0 aliphatic rings. The first-order chi connectivity index (χ1) is 8.61. The Bertz CT molecular complexity index is 355. The molecule has 1 rings (SSSR count). The number of ether oxygens (including phenoxy) is 1. The summed E-state index contributed by atoms with van der Waals surface area (Å²) in [5.74, 6) is 2.10. The number of hydrogen-bond acceptors (Lipinski definition) is 5. The lowest BCUT2D eigenvalue weighted by Crippen LogP contribution is -2.10. The highest BCUT2D eigenvalue weighted by atomic mass is 16.5. The predicted octanol–water partition coefficient (Wildman–Crippen LogP) is 2.30. The summed E-state index contributed by atoms with van der Waals surface area (Å²) in [5.41, 5.74) is 0.952. The van der Waals surface area contributed by atoms with Gasteiger partial charge in [-0.1, -0.05) is 13.8 Å². The van der Waals surface area contributed by atoms with Gasteiger partial charge in [0.2, 0.25) is 5.95 Å². The first-order valence-corrected chi connectivity index (χ1v) is 6.47. The summed E-state index contributed by atoms with van der Waals surface area (Å²) in [5, 5.41) is 6.22. The molecule has 5 heteroatoms. The van der Waals surface area contributed by atoms with E-state index in [9.17, 15) is 0 Å². The van der Waals surface area contributed by atoms with Crippen molar-refractivity contribution >= 4 is 11.8 Å². The van der Waals surface area contributed by atoms with Crippen LogP contribution in [0.2, 0.25) is 0 Å². The van der Waals surface area contributed by atoms with Crippen LogP contribution in [0.15, 0.2) is 6.07 Å². The van der Waals surface area contributed by atoms with Gasteiger partial charge in [0.15, 0.2) is 0 Å². The largest absolute Gasteiger partial charge is 0.381 e. The highest BCUT2D eigenvalue weighted by molar-refractivity contribution is 5.41. The molecular weight excluding hydrogens is 228 g/mol. The summed E-state index contributed by atoms with van der Waals surface area (Å²) in [6, 6.07) is 1.94. The van der Waals surface area contributed by atoms with Crippen molar-refractivity contribution in [3.63, 3.8) is 0 Å². The Morgan fingerprint density at radius 2 is 2.11 bits per heavy atom. The van der Waals surface area contributed by atoms with Gasteiger partial charge in [0.05, 0.1) is 0 Å².